The number of hydrogen-bond donors (Lipinski definition) is 20. The van der Waals surface area contributed by atoms with Gasteiger partial charge in [-0.2, -0.15) is 9.97 Å². The molecule has 0 radical (unpaired) electrons. The Labute approximate surface area is 637 Å². The number of phenolic OH excluding ortho intramolecular Hbond substituents is 1. The molecule has 0 spiro atoms. The van der Waals surface area contributed by atoms with Gasteiger partial charge in [0.15, 0.2) is 17.4 Å². The lowest BCUT2D eigenvalue weighted by Gasteiger charge is -2.31. The van der Waals surface area contributed by atoms with E-state index < -0.39 is 133 Å². The molecular weight excluding hydrogens is 1450 g/mol. The first-order valence-corrected chi connectivity index (χ1v) is 36.5. The van der Waals surface area contributed by atoms with E-state index in [1.54, 1.807) is 49.7 Å². The number of aliphatic hydroxyl groups excluding tert-OH is 3. The van der Waals surface area contributed by atoms with E-state index in [9.17, 15) is 63.3 Å². The minimum atomic E-state index is -1.75. The van der Waals surface area contributed by atoms with E-state index in [1.807, 2.05) is 19.9 Å². The Bertz CT molecular complexity index is 4160. The number of carbonyl (C=O) groups excluding carboxylic acids is 10. The first-order chi connectivity index (χ1) is 52.4. The van der Waals surface area contributed by atoms with Gasteiger partial charge in [0, 0.05) is 87.7 Å². The van der Waals surface area contributed by atoms with E-state index in [2.05, 4.69) is 83.1 Å². The minimum Gasteiger partial charge on any atom is -0.508 e. The molecule has 598 valence electrons. The Morgan fingerprint density at radius 1 is 0.755 bits per heavy atom. The number of amides is 10. The maximum Gasteiger partial charge on any atom is 0.300 e. The van der Waals surface area contributed by atoms with Crippen molar-refractivity contribution in [3.63, 3.8) is 0 Å². The number of aromatic nitrogens is 7. The predicted molar refractivity (Wildman–Crippen MR) is 399 cm³/mol. The lowest BCUT2D eigenvalue weighted by molar-refractivity contribution is -0.142. The Kier molecular flexibility index (Phi) is 32.5. The molecule has 39 heteroatoms. The molecule has 0 bridgehead atoms. The number of carboxylic acids is 1. The number of para-hydroxylation sites is 1. The lowest BCUT2D eigenvalue weighted by atomic mass is 9.98. The maximum absolute atomic E-state index is 14.7. The predicted octanol–water partition coefficient (Wildman–Crippen LogP) is -1.43. The molecule has 38 nitrogen and oxygen atoms in total. The van der Waals surface area contributed by atoms with Crippen LogP contribution in [0.4, 0.5) is 5.82 Å². The third-order valence-electron chi connectivity index (χ3n) is 18.1. The van der Waals surface area contributed by atoms with Gasteiger partial charge < -0.3 is 110 Å². The summed E-state index contributed by atoms with van der Waals surface area (Å²) in [5.41, 5.74) is 14.3. The van der Waals surface area contributed by atoms with Crippen molar-refractivity contribution >= 4 is 110 Å². The highest BCUT2D eigenvalue weighted by Gasteiger charge is 2.41. The van der Waals surface area contributed by atoms with Crippen LogP contribution in [0.15, 0.2) is 73.6 Å². The second-order valence-electron chi connectivity index (χ2n) is 27.6. The summed E-state index contributed by atoms with van der Waals surface area (Å²) in [5.74, 6) is -8.34. The zero-order valence-corrected chi connectivity index (χ0v) is 62.6. The number of hydrogen-bond acceptors (Lipinski definition) is 22. The van der Waals surface area contributed by atoms with Crippen molar-refractivity contribution in [1.29, 1.82) is 5.41 Å². The van der Waals surface area contributed by atoms with E-state index in [1.165, 1.54) is 48.0 Å². The van der Waals surface area contributed by atoms with Crippen LogP contribution in [0.5, 0.6) is 5.75 Å². The number of nitrogen functional groups attached to an aromatic ring is 1. The number of benzene rings is 2. The van der Waals surface area contributed by atoms with Crippen molar-refractivity contribution in [1.82, 2.24) is 92.5 Å². The standard InChI is InChI=1S/C59H84N16O12.C10H12ClN5O3.C2H4O2/c1-6-63-57(86)48-14-10-22-75(48)58(87)41(13-9-21-64-59(60)61)68-51(80)42(23-32(2)3)69-52(81)43(24-33(4)5)70-53(82)44(25-34-15-17-37(77)18-16-34)71-56(85)47(30-76)74-54(83)45(26-35-28-65-39-12-8-7-11-38(35)39)72-55(84)46(27-36-29-62-31-66-36)73-50(79)40-19-20-49(78)67-40;11-10-14-8(12)7-9(15-10)16(3-13-7)6-1-4(18)5(2-17)19-6;1-2(3)4/h7-8,11-12,15-18,28-29,31-33,40-48,65,76-77H,6,9-10,13-14,19-27,30H2,1-5H3,(H,62,66)(H,63,86)(H,67,78)(H,68,80)(H,69,81)(H,70,82)(H,71,85)(H,72,84)(H,73,79)(H,74,83)(H4,60,61,64);3-6,17-18H,1-2H2,(H2,12,14,15);1H3,(H,3,4)/t40-,41-,42-,43+,44-,45-,46-,47-,48-;4-,5+,6+;/m00./s1. The molecule has 3 saturated heterocycles. The van der Waals surface area contributed by atoms with Crippen LogP contribution in [0.2, 0.25) is 5.28 Å². The molecule has 9 rings (SSSR count). The number of carboxylic acid groups (broad SMARTS) is 1. The third kappa shape index (κ3) is 25.2. The number of rotatable bonds is 34. The number of phenols is 1. The number of anilines is 1. The zero-order valence-electron chi connectivity index (χ0n) is 61.9. The Morgan fingerprint density at radius 3 is 1.92 bits per heavy atom. The van der Waals surface area contributed by atoms with E-state index >= 15 is 0 Å². The van der Waals surface area contributed by atoms with Gasteiger partial charge in [-0.15, -0.1) is 0 Å². The summed E-state index contributed by atoms with van der Waals surface area (Å²) in [6.45, 7) is 9.71. The van der Waals surface area contributed by atoms with Crippen LogP contribution in [0.25, 0.3) is 22.1 Å². The number of nitrogens with one attached hydrogen (secondary N) is 13. The van der Waals surface area contributed by atoms with Crippen molar-refractivity contribution in [2.24, 2.45) is 17.6 Å². The average molecular weight is 1560 g/mol. The van der Waals surface area contributed by atoms with Gasteiger partial charge in [0.2, 0.25) is 64.4 Å². The average Bonchev–Trinajstić information content (AvgIpc) is 1.63. The summed E-state index contributed by atoms with van der Waals surface area (Å²) in [4.78, 5) is 172. The van der Waals surface area contributed by atoms with Gasteiger partial charge in [-0.25, -0.2) is 9.97 Å². The van der Waals surface area contributed by atoms with Crippen molar-refractivity contribution in [2.75, 3.05) is 38.6 Å². The van der Waals surface area contributed by atoms with Gasteiger partial charge in [0.05, 0.1) is 32.0 Å². The van der Waals surface area contributed by atoms with Crippen LogP contribution in [-0.4, -0.2) is 235 Å². The molecule has 4 aromatic heterocycles. The van der Waals surface area contributed by atoms with Crippen LogP contribution >= 0.6 is 11.6 Å². The number of likely N-dealkylation sites (N-methyl/N-ethyl adjacent to an activating group) is 1. The number of carbonyl (C=O) groups is 11. The molecule has 0 unspecified atom stereocenters. The quantitative estimate of drug-likeness (QED) is 0.00952. The van der Waals surface area contributed by atoms with Crippen LogP contribution in [0, 0.1) is 17.2 Å². The fraction of sp³-hybridized carbons (Fsp3) is 0.521. The summed E-state index contributed by atoms with van der Waals surface area (Å²) in [6, 6.07) is 1.56. The normalized spacial score (nSPS) is 18.5. The first-order valence-electron chi connectivity index (χ1n) is 36.1. The van der Waals surface area contributed by atoms with Gasteiger partial charge in [0.25, 0.3) is 5.97 Å². The minimum absolute atomic E-state index is 0.0176. The van der Waals surface area contributed by atoms with Crippen LogP contribution in [-0.2, 0) is 76.7 Å². The van der Waals surface area contributed by atoms with Gasteiger partial charge >= 0.3 is 0 Å². The van der Waals surface area contributed by atoms with Crippen molar-refractivity contribution in [3.8, 4) is 5.75 Å². The molecule has 2 aromatic carbocycles. The molecule has 10 amide bonds. The van der Waals surface area contributed by atoms with E-state index in [4.69, 9.17) is 48.2 Å². The molecular formula is C71H100ClN21O17. The number of fused-ring (bicyclic) bond motifs is 2. The largest absolute Gasteiger partial charge is 0.508 e. The molecule has 110 heavy (non-hydrogen) atoms. The summed E-state index contributed by atoms with van der Waals surface area (Å²) >= 11 is 5.77. The maximum atomic E-state index is 14.7. The van der Waals surface area contributed by atoms with E-state index in [0.717, 1.165) is 12.4 Å². The van der Waals surface area contributed by atoms with Gasteiger partial charge in [-0.05, 0) is 105 Å². The van der Waals surface area contributed by atoms with Crippen molar-refractivity contribution in [2.45, 2.75) is 191 Å². The number of nitrogens with zero attached hydrogens (tertiary/aromatic N) is 6. The second kappa shape index (κ2) is 41.5. The Hall–Kier alpha value is -11.1. The molecule has 12 atom stereocenters. The number of aliphatic carboxylic acids is 1. The van der Waals surface area contributed by atoms with Gasteiger partial charge in [-0.1, -0.05) is 58.0 Å². The number of aliphatic hydroxyl groups is 3. The van der Waals surface area contributed by atoms with Gasteiger partial charge in [-0.3, -0.25) is 62.7 Å². The Balaban J connectivity index is 0.000000618. The number of H-pyrrole nitrogens is 2. The Morgan fingerprint density at radius 2 is 1.35 bits per heavy atom. The number of aromatic hydroxyl groups is 1. The monoisotopic (exact) mass is 1550 g/mol. The second-order valence-corrected chi connectivity index (χ2v) is 28.0. The van der Waals surface area contributed by atoms with E-state index in [0.29, 0.717) is 65.6 Å². The fourth-order valence-electron chi connectivity index (χ4n) is 12.7. The number of nitrogens with two attached hydrogens (primary N) is 2. The number of halogens is 1. The van der Waals surface area contributed by atoms with Crippen LogP contribution in [0.1, 0.15) is 122 Å². The summed E-state index contributed by atoms with van der Waals surface area (Å²) in [6.07, 6.45) is 5.83. The number of guanidine groups is 1. The summed E-state index contributed by atoms with van der Waals surface area (Å²) in [7, 11) is 0. The topological polar surface area (TPSA) is 586 Å². The van der Waals surface area contributed by atoms with Gasteiger partial charge in [0.1, 0.15) is 78.0 Å². The molecule has 3 fully saturated rings. The number of aromatic amines is 2. The molecule has 0 saturated carbocycles. The molecule has 0 aliphatic carbocycles. The molecule has 22 N–H and O–H groups in total. The molecule has 3 aliphatic rings. The number of imidazole rings is 2. The number of likely N-dealkylation sites (tertiary alicyclic amines) is 1. The lowest BCUT2D eigenvalue weighted by Crippen LogP contribution is -2.61. The summed E-state index contributed by atoms with van der Waals surface area (Å²) < 4.78 is 7.16. The van der Waals surface area contributed by atoms with Crippen molar-refractivity contribution < 1.29 is 83.0 Å². The molecule has 7 heterocycles. The molecule has 6 aromatic rings. The third-order valence-corrected chi connectivity index (χ3v) is 18.2. The van der Waals surface area contributed by atoms with Crippen LogP contribution < -0.4 is 64.6 Å². The van der Waals surface area contributed by atoms with Crippen LogP contribution in [0.3, 0.4) is 0 Å². The van der Waals surface area contributed by atoms with E-state index in [-0.39, 0.29) is 118 Å². The first kappa shape index (κ1) is 86.2. The SMILES string of the molecule is CC(=O)O.CCNC(=O)[C@@H]1CCCN1C(=O)[C@H](CCCNC(=N)N)NC(=O)[C@H](CC(C)C)NC(=O)[C@@H](CC(C)C)NC(=O)[C@H](Cc1ccc(O)cc1)NC(=O)[C@H](CO)NC(=O)[C@H](Cc1c[nH]c2ccccc12)NC(=O)[C@H](Cc1cnc[nH]1)NC(=O)[C@@H]1CCC(=O)N1.Nc1nc(Cl)nc2c1ncn2[C@H]1C[C@H](O)[C@@H](CO)O1. The summed E-state index contributed by atoms with van der Waals surface area (Å²) in [5, 5.41) is 82.4. The highest BCUT2D eigenvalue weighted by Crippen LogP contribution is 2.32. The fourth-order valence-corrected chi connectivity index (χ4v) is 12.9. The smallest absolute Gasteiger partial charge is 0.300 e. The highest BCUT2D eigenvalue weighted by molar-refractivity contribution is 6.28. The zero-order chi connectivity index (χ0) is 80.5. The highest BCUT2D eigenvalue weighted by atomic mass is 35.5. The van der Waals surface area contributed by atoms with Crippen molar-refractivity contribution in [3.05, 3.63) is 95.7 Å². The molecule has 3 aliphatic heterocycles. The number of ether oxygens (including phenoxy) is 1.